The van der Waals surface area contributed by atoms with E-state index in [1.54, 1.807) is 0 Å². The van der Waals surface area contributed by atoms with E-state index in [4.69, 9.17) is 4.42 Å². The van der Waals surface area contributed by atoms with Crippen molar-refractivity contribution in [3.05, 3.63) is 158 Å². The van der Waals surface area contributed by atoms with E-state index in [1.165, 1.54) is 65.7 Å². The zero-order valence-electron chi connectivity index (χ0n) is 23.4. The third-order valence-electron chi connectivity index (χ3n) is 8.82. The summed E-state index contributed by atoms with van der Waals surface area (Å²) in [4.78, 5) is 0. The fraction of sp³-hybridized carbons (Fsp3) is 0. The molecular weight excluding hydrogens is 520 g/mol. The maximum absolute atomic E-state index is 6.34. The maximum atomic E-state index is 6.34. The summed E-state index contributed by atoms with van der Waals surface area (Å²) >= 11 is 0. The monoisotopic (exact) mass is 546 g/mol. The van der Waals surface area contributed by atoms with Gasteiger partial charge >= 0.3 is 0 Å². The molecule has 0 fully saturated rings. The smallest absolute Gasteiger partial charge is 0.136 e. The molecule has 0 amide bonds. The minimum absolute atomic E-state index is 0.915. The minimum atomic E-state index is 0.915. The Kier molecular flexibility index (Phi) is 5.27. The second kappa shape index (κ2) is 9.44. The van der Waals surface area contributed by atoms with Gasteiger partial charge in [-0.2, -0.15) is 0 Å². The summed E-state index contributed by atoms with van der Waals surface area (Å²) in [6.07, 6.45) is 0. The molecule has 0 spiro atoms. The number of hydrogen-bond donors (Lipinski definition) is 0. The Morgan fingerprint density at radius 1 is 0.279 bits per heavy atom. The van der Waals surface area contributed by atoms with Crippen molar-refractivity contribution in [1.82, 2.24) is 0 Å². The minimum Gasteiger partial charge on any atom is -0.456 e. The van der Waals surface area contributed by atoms with Crippen LogP contribution in [0, 0.1) is 0 Å². The summed E-state index contributed by atoms with van der Waals surface area (Å²) < 4.78 is 6.34. The fourth-order valence-corrected chi connectivity index (χ4v) is 6.84. The lowest BCUT2D eigenvalue weighted by molar-refractivity contribution is 0.669. The third-order valence-corrected chi connectivity index (χ3v) is 8.82. The van der Waals surface area contributed by atoms with Crippen LogP contribution in [0.15, 0.2) is 162 Å². The highest BCUT2D eigenvalue weighted by atomic mass is 16.3. The summed E-state index contributed by atoms with van der Waals surface area (Å²) in [7, 11) is 0. The molecule has 1 heterocycles. The normalized spacial score (nSPS) is 11.7. The topological polar surface area (TPSA) is 13.1 Å². The molecule has 1 heteroatoms. The van der Waals surface area contributed by atoms with Gasteiger partial charge in [0.05, 0.1) is 0 Å². The predicted octanol–water partition coefficient (Wildman–Crippen LogP) is 12.0. The van der Waals surface area contributed by atoms with E-state index in [0.29, 0.717) is 0 Å². The molecule has 200 valence electrons. The first-order chi connectivity index (χ1) is 21.3. The Bertz CT molecular complexity index is 2430. The highest BCUT2D eigenvalue weighted by molar-refractivity contribution is 6.22. The van der Waals surface area contributed by atoms with Gasteiger partial charge in [-0.15, -0.1) is 0 Å². The molecule has 0 saturated carbocycles. The van der Waals surface area contributed by atoms with Crippen molar-refractivity contribution in [1.29, 1.82) is 0 Å². The Hall–Kier alpha value is -5.66. The summed E-state index contributed by atoms with van der Waals surface area (Å²) in [6, 6.07) is 56.8. The third kappa shape index (κ3) is 3.79. The Morgan fingerprint density at radius 2 is 0.814 bits per heavy atom. The van der Waals surface area contributed by atoms with E-state index in [0.717, 1.165) is 21.9 Å². The molecule has 43 heavy (non-hydrogen) atoms. The van der Waals surface area contributed by atoms with Gasteiger partial charge in [-0.05, 0) is 96.0 Å². The van der Waals surface area contributed by atoms with Gasteiger partial charge in [-0.25, -0.2) is 0 Å². The van der Waals surface area contributed by atoms with Gasteiger partial charge in [-0.1, -0.05) is 127 Å². The van der Waals surface area contributed by atoms with E-state index < -0.39 is 0 Å². The molecule has 8 aromatic carbocycles. The Labute approximate surface area is 249 Å². The van der Waals surface area contributed by atoms with Crippen LogP contribution in [-0.4, -0.2) is 0 Å². The van der Waals surface area contributed by atoms with Gasteiger partial charge in [0.2, 0.25) is 0 Å². The lowest BCUT2D eigenvalue weighted by atomic mass is 9.85. The van der Waals surface area contributed by atoms with E-state index >= 15 is 0 Å². The van der Waals surface area contributed by atoms with Crippen LogP contribution in [0.5, 0.6) is 0 Å². The van der Waals surface area contributed by atoms with Crippen LogP contribution < -0.4 is 0 Å². The molecule has 0 saturated heterocycles. The van der Waals surface area contributed by atoms with Crippen molar-refractivity contribution in [3.8, 4) is 33.4 Å². The number of hydrogen-bond acceptors (Lipinski definition) is 1. The van der Waals surface area contributed by atoms with Crippen LogP contribution in [0.2, 0.25) is 0 Å². The average molecular weight is 547 g/mol. The lowest BCUT2D eigenvalue weighted by Crippen LogP contribution is -1.90. The SMILES string of the molecule is c1ccc(-c2ccc3oc4cc5ccc(-c6c7ccccc7c(-c7ccccc7)c7ccccc67)cc5cc4c3c2)cc1. The van der Waals surface area contributed by atoms with Crippen LogP contribution >= 0.6 is 0 Å². The van der Waals surface area contributed by atoms with Gasteiger partial charge < -0.3 is 4.42 Å². The summed E-state index contributed by atoms with van der Waals surface area (Å²) in [5, 5.41) is 9.74. The molecule has 0 radical (unpaired) electrons. The first kappa shape index (κ1) is 24.0. The van der Waals surface area contributed by atoms with Crippen LogP contribution in [0.4, 0.5) is 0 Å². The zero-order valence-corrected chi connectivity index (χ0v) is 23.4. The zero-order chi connectivity index (χ0) is 28.3. The lowest BCUT2D eigenvalue weighted by Gasteiger charge is -2.18. The maximum Gasteiger partial charge on any atom is 0.136 e. The molecule has 1 aromatic heterocycles. The van der Waals surface area contributed by atoms with E-state index in [2.05, 4.69) is 158 Å². The van der Waals surface area contributed by atoms with Gasteiger partial charge in [0, 0.05) is 10.8 Å². The second-order valence-corrected chi connectivity index (χ2v) is 11.3. The van der Waals surface area contributed by atoms with Gasteiger partial charge in [0.1, 0.15) is 11.2 Å². The van der Waals surface area contributed by atoms with E-state index in [1.807, 2.05) is 0 Å². The quantitative estimate of drug-likeness (QED) is 0.201. The summed E-state index contributed by atoms with van der Waals surface area (Å²) in [6.45, 7) is 0. The van der Waals surface area contributed by atoms with Crippen LogP contribution in [0.1, 0.15) is 0 Å². The summed E-state index contributed by atoms with van der Waals surface area (Å²) in [5.74, 6) is 0. The van der Waals surface area contributed by atoms with Gasteiger partial charge in [0.25, 0.3) is 0 Å². The number of benzene rings is 8. The van der Waals surface area contributed by atoms with Gasteiger partial charge in [-0.3, -0.25) is 0 Å². The van der Waals surface area contributed by atoms with Crippen molar-refractivity contribution in [3.63, 3.8) is 0 Å². The van der Waals surface area contributed by atoms with Crippen molar-refractivity contribution in [2.45, 2.75) is 0 Å². The van der Waals surface area contributed by atoms with Crippen LogP contribution in [0.3, 0.4) is 0 Å². The molecule has 1 nitrogen and oxygen atoms in total. The van der Waals surface area contributed by atoms with E-state index in [9.17, 15) is 0 Å². The number of rotatable bonds is 3. The molecule has 0 bridgehead atoms. The van der Waals surface area contributed by atoms with Crippen LogP contribution in [0.25, 0.3) is 87.6 Å². The Morgan fingerprint density at radius 3 is 1.47 bits per heavy atom. The standard InChI is InChI=1S/C42H26O/c1-3-11-27(12-4-1)29-21-22-39-37(24-29)38-25-32-23-31(20-19-30(32)26-40(38)43-39)42-35-17-9-7-15-33(35)41(28-13-5-2-6-14-28)34-16-8-10-18-36(34)42/h1-26H. The predicted molar refractivity (Wildman–Crippen MR) is 183 cm³/mol. The first-order valence-corrected chi connectivity index (χ1v) is 14.8. The molecule has 0 aliphatic carbocycles. The van der Waals surface area contributed by atoms with Crippen molar-refractivity contribution in [2.75, 3.05) is 0 Å². The number of fused-ring (bicyclic) bond motifs is 6. The molecule has 9 aromatic rings. The largest absolute Gasteiger partial charge is 0.456 e. The Balaban J connectivity index is 1.30. The molecule has 0 unspecified atom stereocenters. The van der Waals surface area contributed by atoms with Crippen molar-refractivity contribution < 1.29 is 4.42 Å². The molecule has 0 aliphatic rings. The molecule has 0 aliphatic heterocycles. The highest BCUT2D eigenvalue weighted by Gasteiger charge is 2.17. The second-order valence-electron chi connectivity index (χ2n) is 11.3. The van der Waals surface area contributed by atoms with Crippen molar-refractivity contribution in [2.24, 2.45) is 0 Å². The van der Waals surface area contributed by atoms with Gasteiger partial charge in [0.15, 0.2) is 0 Å². The number of furan rings is 1. The average Bonchev–Trinajstić information content (AvgIpc) is 3.43. The summed E-state index contributed by atoms with van der Waals surface area (Å²) in [5.41, 5.74) is 9.26. The highest BCUT2D eigenvalue weighted by Crippen LogP contribution is 2.44. The van der Waals surface area contributed by atoms with Crippen LogP contribution in [-0.2, 0) is 0 Å². The molecular formula is C42H26O. The molecule has 0 N–H and O–H groups in total. The first-order valence-electron chi connectivity index (χ1n) is 14.8. The molecule has 9 rings (SSSR count). The van der Waals surface area contributed by atoms with E-state index in [-0.39, 0.29) is 0 Å². The molecule has 0 atom stereocenters. The van der Waals surface area contributed by atoms with Crippen molar-refractivity contribution >= 4 is 54.3 Å². The fourth-order valence-electron chi connectivity index (χ4n) is 6.84.